The zero-order valence-corrected chi connectivity index (χ0v) is 18.1. The van der Waals surface area contributed by atoms with Crippen LogP contribution in [-0.2, 0) is 14.9 Å². The van der Waals surface area contributed by atoms with Crippen LogP contribution in [0.2, 0.25) is 20.1 Å². The van der Waals surface area contributed by atoms with Crippen LogP contribution in [0.5, 0.6) is 11.5 Å². The van der Waals surface area contributed by atoms with Gasteiger partial charge in [-0.15, -0.1) is 0 Å². The zero-order chi connectivity index (χ0) is 21.6. The lowest BCUT2D eigenvalue weighted by molar-refractivity contribution is 0.455. The van der Waals surface area contributed by atoms with Gasteiger partial charge in [0.25, 0.3) is 10.1 Å². The van der Waals surface area contributed by atoms with Crippen molar-refractivity contribution >= 4 is 56.5 Å². The molecule has 3 aromatic carbocycles. The number of rotatable bonds is 4. The highest BCUT2D eigenvalue weighted by Gasteiger charge is 2.52. The predicted molar refractivity (Wildman–Crippen MR) is 114 cm³/mol. The van der Waals surface area contributed by atoms with Gasteiger partial charge in [0.05, 0.1) is 0 Å². The summed E-state index contributed by atoms with van der Waals surface area (Å²) in [5.74, 6) is -0.605. The van der Waals surface area contributed by atoms with E-state index in [0.717, 1.165) is 12.1 Å². The summed E-state index contributed by atoms with van der Waals surface area (Å²) in [6, 6.07) is 11.2. The molecule has 0 amide bonds. The Morgan fingerprint density at radius 2 is 1.34 bits per heavy atom. The lowest BCUT2D eigenvalue weighted by atomic mass is 9.83. The Hall–Kier alpha value is -1.67. The number of halogens is 4. The van der Waals surface area contributed by atoms with Gasteiger partial charge >= 0.3 is 0 Å². The minimum absolute atomic E-state index is 0.106. The SMILES string of the molecule is O=S(=O)(O)C(c1cccc(O)c1)(c1cc(O)ccc1Cl)c1c(Cl)cc(Cl)cc1Cl. The van der Waals surface area contributed by atoms with Gasteiger partial charge in [0.15, 0.2) is 4.75 Å². The zero-order valence-electron chi connectivity index (χ0n) is 14.3. The molecule has 3 aromatic rings. The fourth-order valence-corrected chi connectivity index (χ4v) is 6.12. The van der Waals surface area contributed by atoms with Crippen LogP contribution in [0.4, 0.5) is 0 Å². The summed E-state index contributed by atoms with van der Waals surface area (Å²) in [4.78, 5) is 0. The Balaban J connectivity index is 2.65. The standard InChI is InChI=1S/C19H12Cl4O5S/c20-11-7-16(22)18(17(23)8-11)19(29(26,27)28,10-2-1-3-12(24)6-10)14-9-13(25)4-5-15(14)21/h1-9,24-25H,(H,26,27,28). The second-order valence-corrected chi connectivity index (χ2v) is 9.34. The average Bonchev–Trinajstić information content (AvgIpc) is 2.59. The van der Waals surface area contributed by atoms with Crippen LogP contribution < -0.4 is 0 Å². The molecule has 0 aliphatic heterocycles. The molecule has 0 saturated carbocycles. The van der Waals surface area contributed by atoms with Crippen LogP contribution in [0.25, 0.3) is 0 Å². The maximum Gasteiger partial charge on any atom is 0.283 e. The van der Waals surface area contributed by atoms with Crippen LogP contribution in [0.3, 0.4) is 0 Å². The maximum absolute atomic E-state index is 13.0. The van der Waals surface area contributed by atoms with Crippen LogP contribution in [-0.4, -0.2) is 23.2 Å². The smallest absolute Gasteiger partial charge is 0.283 e. The number of phenols is 2. The molecule has 0 bridgehead atoms. The van der Waals surface area contributed by atoms with E-state index in [1.54, 1.807) is 0 Å². The molecular weight excluding hydrogens is 482 g/mol. The first-order chi connectivity index (χ1) is 13.5. The van der Waals surface area contributed by atoms with Crippen molar-refractivity contribution in [2.24, 2.45) is 0 Å². The van der Waals surface area contributed by atoms with Crippen molar-refractivity contribution in [3.8, 4) is 11.5 Å². The Kier molecular flexibility index (Phi) is 5.98. The van der Waals surface area contributed by atoms with E-state index in [1.807, 2.05) is 0 Å². The minimum Gasteiger partial charge on any atom is -0.508 e. The Labute approximate surface area is 186 Å². The van der Waals surface area contributed by atoms with Crippen LogP contribution in [0.1, 0.15) is 16.7 Å². The molecule has 152 valence electrons. The van der Waals surface area contributed by atoms with E-state index in [1.165, 1.54) is 42.5 Å². The van der Waals surface area contributed by atoms with Crippen LogP contribution >= 0.6 is 46.4 Å². The van der Waals surface area contributed by atoms with E-state index in [2.05, 4.69) is 0 Å². The molecule has 0 aliphatic carbocycles. The number of hydrogen-bond acceptors (Lipinski definition) is 4. The molecule has 0 aromatic heterocycles. The Morgan fingerprint density at radius 1 is 0.759 bits per heavy atom. The average molecular weight is 494 g/mol. The van der Waals surface area contributed by atoms with E-state index in [0.29, 0.717) is 0 Å². The Bertz CT molecular complexity index is 1190. The minimum atomic E-state index is -5.12. The molecule has 1 atom stereocenters. The maximum atomic E-state index is 13.0. The predicted octanol–water partition coefficient (Wildman–Crippen LogP) is 5.89. The molecule has 0 spiro atoms. The summed E-state index contributed by atoms with van der Waals surface area (Å²) in [7, 11) is -5.12. The summed E-state index contributed by atoms with van der Waals surface area (Å²) in [5, 5.41) is 19.7. The van der Waals surface area contributed by atoms with Crippen LogP contribution in [0.15, 0.2) is 54.6 Å². The third-order valence-electron chi connectivity index (χ3n) is 4.33. The van der Waals surface area contributed by atoms with E-state index < -0.39 is 14.9 Å². The molecule has 0 saturated heterocycles. The van der Waals surface area contributed by atoms with Gasteiger partial charge in [-0.25, -0.2) is 0 Å². The van der Waals surface area contributed by atoms with E-state index in [-0.39, 0.29) is 48.3 Å². The highest BCUT2D eigenvalue weighted by molar-refractivity contribution is 7.87. The molecule has 3 N–H and O–H groups in total. The largest absolute Gasteiger partial charge is 0.508 e. The summed E-state index contributed by atoms with van der Waals surface area (Å²) in [6.07, 6.45) is 0. The summed E-state index contributed by atoms with van der Waals surface area (Å²) in [6.45, 7) is 0. The number of phenolic OH excluding ortho intramolecular Hbond substituents is 2. The van der Waals surface area contributed by atoms with Crippen molar-refractivity contribution in [2.45, 2.75) is 4.75 Å². The molecule has 0 fully saturated rings. The number of hydrogen-bond donors (Lipinski definition) is 3. The first-order valence-corrected chi connectivity index (χ1v) is 10.8. The van der Waals surface area contributed by atoms with Crippen molar-refractivity contribution in [1.82, 2.24) is 0 Å². The topological polar surface area (TPSA) is 94.8 Å². The highest BCUT2D eigenvalue weighted by Crippen LogP contribution is 2.52. The quantitative estimate of drug-likeness (QED) is 0.311. The van der Waals surface area contributed by atoms with Crippen molar-refractivity contribution in [3.05, 3.63) is 91.4 Å². The summed E-state index contributed by atoms with van der Waals surface area (Å²) >= 11 is 25.0. The lowest BCUT2D eigenvalue weighted by Crippen LogP contribution is -2.39. The van der Waals surface area contributed by atoms with Crippen molar-refractivity contribution < 1.29 is 23.2 Å². The summed E-state index contributed by atoms with van der Waals surface area (Å²) < 4.78 is 34.0. The van der Waals surface area contributed by atoms with E-state index >= 15 is 0 Å². The number of aromatic hydroxyl groups is 2. The van der Waals surface area contributed by atoms with Gasteiger partial charge < -0.3 is 10.2 Å². The van der Waals surface area contributed by atoms with Gasteiger partial charge in [-0.05, 0) is 48.0 Å². The molecular formula is C19H12Cl4O5S. The van der Waals surface area contributed by atoms with Gasteiger partial charge in [0.2, 0.25) is 0 Å². The second-order valence-electron chi connectivity index (χ2n) is 6.12. The molecule has 10 heteroatoms. The highest BCUT2D eigenvalue weighted by atomic mass is 35.5. The second kappa shape index (κ2) is 7.87. The summed E-state index contributed by atoms with van der Waals surface area (Å²) in [5.41, 5.74) is -0.581. The van der Waals surface area contributed by atoms with Gasteiger partial charge in [0, 0.05) is 31.2 Å². The van der Waals surface area contributed by atoms with Crippen molar-refractivity contribution in [1.29, 1.82) is 0 Å². The fourth-order valence-electron chi connectivity index (χ4n) is 3.24. The van der Waals surface area contributed by atoms with Gasteiger partial charge in [-0.1, -0.05) is 58.5 Å². The monoisotopic (exact) mass is 492 g/mol. The number of benzene rings is 3. The van der Waals surface area contributed by atoms with Gasteiger partial charge in [0.1, 0.15) is 11.5 Å². The lowest BCUT2D eigenvalue weighted by Gasteiger charge is -2.34. The van der Waals surface area contributed by atoms with Crippen molar-refractivity contribution in [3.63, 3.8) is 0 Å². The fraction of sp³-hybridized carbons (Fsp3) is 0.0526. The molecule has 1 unspecified atom stereocenters. The van der Waals surface area contributed by atoms with Crippen molar-refractivity contribution in [2.75, 3.05) is 0 Å². The van der Waals surface area contributed by atoms with Gasteiger partial charge in [-0.2, -0.15) is 8.42 Å². The first kappa shape index (κ1) is 22.0. The molecule has 0 aliphatic rings. The molecule has 5 nitrogen and oxygen atoms in total. The molecule has 0 heterocycles. The van der Waals surface area contributed by atoms with Gasteiger partial charge in [-0.3, -0.25) is 4.55 Å². The molecule has 3 rings (SSSR count). The molecule has 0 radical (unpaired) electrons. The van der Waals surface area contributed by atoms with Crippen LogP contribution in [0, 0.1) is 0 Å². The Morgan fingerprint density at radius 3 is 1.90 bits per heavy atom. The third kappa shape index (κ3) is 3.77. The van der Waals surface area contributed by atoms with E-state index in [4.69, 9.17) is 46.4 Å². The third-order valence-corrected chi connectivity index (χ3v) is 6.91. The van der Waals surface area contributed by atoms with E-state index in [9.17, 15) is 23.2 Å². The molecule has 29 heavy (non-hydrogen) atoms. The first-order valence-electron chi connectivity index (χ1n) is 7.89. The normalized spacial score (nSPS) is 13.8.